The Morgan fingerprint density at radius 1 is 1.50 bits per heavy atom. The van der Waals surface area contributed by atoms with Gasteiger partial charge in [-0.05, 0) is 24.3 Å². The number of thiophene rings is 1. The molecule has 1 fully saturated rings. The molecule has 2 aromatic rings. The third-order valence-electron chi connectivity index (χ3n) is 3.49. The maximum atomic E-state index is 12.2. The molecule has 2 amide bonds. The molecule has 1 saturated heterocycles. The second-order valence-corrected chi connectivity index (χ2v) is 6.14. The van der Waals surface area contributed by atoms with Gasteiger partial charge >= 0.3 is 6.03 Å². The fraction of sp³-hybridized carbons (Fsp3) is 0.400. The molecule has 3 heterocycles. The van der Waals surface area contributed by atoms with Crippen LogP contribution >= 0.6 is 11.3 Å². The number of carbonyl (C=O) groups is 1. The van der Waals surface area contributed by atoms with Gasteiger partial charge in [0, 0.05) is 23.8 Å². The molecule has 7 heteroatoms. The zero-order chi connectivity index (χ0) is 15.2. The van der Waals surface area contributed by atoms with Gasteiger partial charge in [0.25, 0.3) is 0 Å². The summed E-state index contributed by atoms with van der Waals surface area (Å²) in [6.07, 6.45) is 6.62. The van der Waals surface area contributed by atoms with Crippen molar-refractivity contribution in [2.45, 2.75) is 25.5 Å². The monoisotopic (exact) mass is 318 g/mol. The Labute approximate surface area is 133 Å². The van der Waals surface area contributed by atoms with Gasteiger partial charge in [-0.2, -0.15) is 0 Å². The molecule has 1 N–H and O–H groups in total. The summed E-state index contributed by atoms with van der Waals surface area (Å²) in [7, 11) is 0. The molecule has 0 aromatic carbocycles. The van der Waals surface area contributed by atoms with E-state index in [2.05, 4.69) is 15.3 Å². The minimum atomic E-state index is -0.0409. The van der Waals surface area contributed by atoms with E-state index in [1.807, 2.05) is 17.5 Å². The van der Waals surface area contributed by atoms with Gasteiger partial charge in [0.1, 0.15) is 6.10 Å². The predicted molar refractivity (Wildman–Crippen MR) is 83.8 cm³/mol. The molecular weight excluding hydrogens is 300 g/mol. The molecule has 6 nitrogen and oxygen atoms in total. The fourth-order valence-electron chi connectivity index (χ4n) is 2.42. The molecule has 0 unspecified atom stereocenters. The lowest BCUT2D eigenvalue weighted by molar-refractivity contribution is 0.0974. The van der Waals surface area contributed by atoms with Crippen molar-refractivity contribution in [2.24, 2.45) is 0 Å². The molecule has 0 bridgehead atoms. The number of urea groups is 1. The first-order chi connectivity index (χ1) is 10.8. The highest BCUT2D eigenvalue weighted by Gasteiger charge is 2.25. The lowest BCUT2D eigenvalue weighted by atomic mass is 10.1. The maximum Gasteiger partial charge on any atom is 0.317 e. The van der Waals surface area contributed by atoms with E-state index in [0.29, 0.717) is 19.0 Å². The summed E-state index contributed by atoms with van der Waals surface area (Å²) in [5, 5.41) is 4.96. The third-order valence-corrected chi connectivity index (χ3v) is 4.36. The predicted octanol–water partition coefficient (Wildman–Crippen LogP) is 2.29. The number of carbonyl (C=O) groups excluding carboxylic acids is 1. The van der Waals surface area contributed by atoms with Gasteiger partial charge in [-0.3, -0.25) is 4.98 Å². The van der Waals surface area contributed by atoms with Crippen molar-refractivity contribution >= 4 is 17.4 Å². The van der Waals surface area contributed by atoms with E-state index in [1.165, 1.54) is 0 Å². The number of ether oxygens (including phenoxy) is 1. The van der Waals surface area contributed by atoms with Crippen LogP contribution in [0.15, 0.2) is 36.1 Å². The Hall–Kier alpha value is -2.15. The number of aromatic nitrogens is 2. The van der Waals surface area contributed by atoms with Crippen LogP contribution in [0.25, 0.3) is 0 Å². The molecule has 1 atom stereocenters. The summed E-state index contributed by atoms with van der Waals surface area (Å²) < 4.78 is 5.79. The average molecular weight is 318 g/mol. The molecule has 0 aliphatic carbocycles. The topological polar surface area (TPSA) is 67.4 Å². The molecule has 22 heavy (non-hydrogen) atoms. The molecule has 2 aromatic heterocycles. The number of likely N-dealkylation sites (tertiary alicyclic amines) is 1. The number of hydrogen-bond acceptors (Lipinski definition) is 5. The number of amides is 2. The van der Waals surface area contributed by atoms with Gasteiger partial charge in [-0.15, -0.1) is 11.3 Å². The first-order valence-corrected chi connectivity index (χ1v) is 8.17. The Morgan fingerprint density at radius 2 is 2.45 bits per heavy atom. The SMILES string of the molecule is O=C(NCc1cccs1)N1CCC[C@H](Oc2cnccn2)C1. The van der Waals surface area contributed by atoms with Crippen LogP contribution in [-0.2, 0) is 6.54 Å². The number of rotatable bonds is 4. The van der Waals surface area contributed by atoms with Crippen molar-refractivity contribution in [1.82, 2.24) is 20.2 Å². The Balaban J connectivity index is 1.50. The van der Waals surface area contributed by atoms with E-state index in [4.69, 9.17) is 4.74 Å². The van der Waals surface area contributed by atoms with Crippen LogP contribution in [-0.4, -0.2) is 40.1 Å². The van der Waals surface area contributed by atoms with Gasteiger partial charge in [0.2, 0.25) is 5.88 Å². The highest BCUT2D eigenvalue weighted by atomic mass is 32.1. The Morgan fingerprint density at radius 3 is 3.23 bits per heavy atom. The first kappa shape index (κ1) is 14.8. The first-order valence-electron chi connectivity index (χ1n) is 7.29. The van der Waals surface area contributed by atoms with Gasteiger partial charge in [0.05, 0.1) is 19.3 Å². The van der Waals surface area contributed by atoms with Crippen LogP contribution in [0.4, 0.5) is 4.79 Å². The van der Waals surface area contributed by atoms with Crippen molar-refractivity contribution in [3.63, 3.8) is 0 Å². The molecule has 1 aliphatic rings. The Kier molecular flexibility index (Phi) is 4.85. The summed E-state index contributed by atoms with van der Waals surface area (Å²) in [6, 6.07) is 3.96. The van der Waals surface area contributed by atoms with Crippen molar-refractivity contribution < 1.29 is 9.53 Å². The smallest absolute Gasteiger partial charge is 0.317 e. The summed E-state index contributed by atoms with van der Waals surface area (Å²) in [5.41, 5.74) is 0. The molecule has 0 spiro atoms. The fourth-order valence-corrected chi connectivity index (χ4v) is 3.07. The van der Waals surface area contributed by atoms with Crippen molar-refractivity contribution in [2.75, 3.05) is 13.1 Å². The quantitative estimate of drug-likeness (QED) is 0.939. The highest BCUT2D eigenvalue weighted by Crippen LogP contribution is 2.16. The largest absolute Gasteiger partial charge is 0.471 e. The molecule has 1 aliphatic heterocycles. The molecule has 3 rings (SSSR count). The molecule has 116 valence electrons. The lowest BCUT2D eigenvalue weighted by Gasteiger charge is -2.32. The van der Waals surface area contributed by atoms with Crippen LogP contribution in [0.5, 0.6) is 5.88 Å². The molecular formula is C15H18N4O2S. The van der Waals surface area contributed by atoms with Crippen LogP contribution < -0.4 is 10.1 Å². The van der Waals surface area contributed by atoms with E-state index in [9.17, 15) is 4.79 Å². The highest BCUT2D eigenvalue weighted by molar-refractivity contribution is 7.09. The standard InChI is InChI=1S/C15H18N4O2S/c20-15(18-9-13-4-2-8-22-13)19-7-1-3-12(11-19)21-14-10-16-5-6-17-14/h2,4-6,8,10,12H,1,3,7,9,11H2,(H,18,20)/t12-/m0/s1. The van der Waals surface area contributed by atoms with E-state index in [-0.39, 0.29) is 12.1 Å². The van der Waals surface area contributed by atoms with Crippen LogP contribution in [0.1, 0.15) is 17.7 Å². The van der Waals surface area contributed by atoms with E-state index >= 15 is 0 Å². The van der Waals surface area contributed by atoms with Gasteiger partial charge in [-0.25, -0.2) is 9.78 Å². The average Bonchev–Trinajstić information content (AvgIpc) is 3.07. The van der Waals surface area contributed by atoms with Crippen molar-refractivity contribution in [3.05, 3.63) is 41.0 Å². The lowest BCUT2D eigenvalue weighted by Crippen LogP contribution is -2.48. The minimum absolute atomic E-state index is 0.0297. The second-order valence-electron chi connectivity index (χ2n) is 5.11. The number of nitrogens with one attached hydrogen (secondary N) is 1. The Bertz CT molecular complexity index is 591. The van der Waals surface area contributed by atoms with Crippen LogP contribution in [0, 0.1) is 0 Å². The summed E-state index contributed by atoms with van der Waals surface area (Å²) in [4.78, 5) is 23.3. The zero-order valence-electron chi connectivity index (χ0n) is 12.1. The van der Waals surface area contributed by atoms with Gasteiger partial charge < -0.3 is 15.0 Å². The molecule has 0 saturated carbocycles. The van der Waals surface area contributed by atoms with Gasteiger partial charge in [0.15, 0.2) is 0 Å². The van der Waals surface area contributed by atoms with Gasteiger partial charge in [-0.1, -0.05) is 6.07 Å². The summed E-state index contributed by atoms with van der Waals surface area (Å²) in [5.74, 6) is 0.508. The van der Waals surface area contributed by atoms with E-state index in [0.717, 1.165) is 24.3 Å². The zero-order valence-corrected chi connectivity index (χ0v) is 13.0. The number of piperidine rings is 1. The van der Waals surface area contributed by atoms with E-state index < -0.39 is 0 Å². The number of hydrogen-bond donors (Lipinski definition) is 1. The normalized spacial score (nSPS) is 18.0. The molecule has 0 radical (unpaired) electrons. The summed E-state index contributed by atoms with van der Waals surface area (Å²) in [6.45, 7) is 1.91. The van der Waals surface area contributed by atoms with Crippen LogP contribution in [0.3, 0.4) is 0 Å². The summed E-state index contributed by atoms with van der Waals surface area (Å²) >= 11 is 1.64. The van der Waals surface area contributed by atoms with Crippen molar-refractivity contribution in [1.29, 1.82) is 0 Å². The third kappa shape index (κ3) is 3.94. The minimum Gasteiger partial charge on any atom is -0.471 e. The van der Waals surface area contributed by atoms with Crippen LogP contribution in [0.2, 0.25) is 0 Å². The van der Waals surface area contributed by atoms with Crippen molar-refractivity contribution in [3.8, 4) is 5.88 Å². The maximum absolute atomic E-state index is 12.2. The number of nitrogens with zero attached hydrogens (tertiary/aromatic N) is 3. The van der Waals surface area contributed by atoms with E-state index in [1.54, 1.807) is 34.8 Å². The second kappa shape index (κ2) is 7.22.